The summed E-state index contributed by atoms with van der Waals surface area (Å²) in [6.07, 6.45) is 3.25. The van der Waals surface area contributed by atoms with Crippen LogP contribution in [0.5, 0.6) is 0 Å². The summed E-state index contributed by atoms with van der Waals surface area (Å²) in [6, 6.07) is 9.82. The Morgan fingerprint density at radius 3 is 2.34 bits per heavy atom. The minimum atomic E-state index is -0.896. The van der Waals surface area contributed by atoms with E-state index in [1.807, 2.05) is 30.3 Å². The first-order valence-electron chi connectivity index (χ1n) is 12.9. The van der Waals surface area contributed by atoms with E-state index < -0.39 is 17.7 Å². The molecule has 3 aliphatic rings. The van der Waals surface area contributed by atoms with Gasteiger partial charge in [-0.1, -0.05) is 51.1 Å². The first kappa shape index (κ1) is 25.8. The number of hydrogen-bond acceptors (Lipinski definition) is 5. The molecule has 4 rings (SSSR count). The van der Waals surface area contributed by atoms with Crippen LogP contribution in [0.4, 0.5) is 9.59 Å². The van der Waals surface area contributed by atoms with Gasteiger partial charge in [0.15, 0.2) is 0 Å². The van der Waals surface area contributed by atoms with Crippen LogP contribution in [0, 0.1) is 10.8 Å². The van der Waals surface area contributed by atoms with Crippen LogP contribution in [0.1, 0.15) is 64.9 Å². The largest absolute Gasteiger partial charge is 0.465 e. The standard InChI is InChI=1S/C27H41N3O5/c1-25(2,3)27(17-22(31)9-12-30(27)24(33)34)19-29-13-10-26(11-14-29)15-21(16-26)28-23(32)35-18-20-7-5-4-6-8-20/h4-8,21-22,31H,9-19H2,1-3H3,(H,28,32)(H,33,34). The number of carboxylic acid groups (broad SMARTS) is 1. The van der Waals surface area contributed by atoms with E-state index in [9.17, 15) is 19.8 Å². The highest BCUT2D eigenvalue weighted by atomic mass is 16.5. The molecule has 3 N–H and O–H groups in total. The number of nitrogens with zero attached hydrogens (tertiary/aromatic N) is 2. The Kier molecular flexibility index (Phi) is 7.34. The molecule has 2 heterocycles. The molecular formula is C27H41N3O5. The highest BCUT2D eigenvalue weighted by Crippen LogP contribution is 2.50. The summed E-state index contributed by atoms with van der Waals surface area (Å²) < 4.78 is 5.36. The number of aliphatic hydroxyl groups excluding tert-OH is 1. The fourth-order valence-electron chi connectivity index (χ4n) is 6.45. The van der Waals surface area contributed by atoms with Crippen molar-refractivity contribution in [3.8, 4) is 0 Å². The van der Waals surface area contributed by atoms with Gasteiger partial charge in [-0.05, 0) is 68.0 Å². The maximum absolute atomic E-state index is 12.2. The minimum absolute atomic E-state index is 0.154. The van der Waals surface area contributed by atoms with Crippen LogP contribution in [-0.2, 0) is 11.3 Å². The lowest BCUT2D eigenvalue weighted by Gasteiger charge is -2.58. The lowest BCUT2D eigenvalue weighted by atomic mass is 9.60. The molecule has 1 saturated carbocycles. The average Bonchev–Trinajstić information content (AvgIpc) is 2.78. The molecule has 2 saturated heterocycles. The lowest BCUT2D eigenvalue weighted by Crippen LogP contribution is -2.68. The summed E-state index contributed by atoms with van der Waals surface area (Å²) in [5.41, 5.74) is 0.308. The Morgan fingerprint density at radius 1 is 1.09 bits per heavy atom. The maximum atomic E-state index is 12.2. The van der Waals surface area contributed by atoms with E-state index in [-0.39, 0.29) is 29.6 Å². The van der Waals surface area contributed by atoms with Crippen LogP contribution < -0.4 is 5.32 Å². The number of rotatable bonds is 5. The van der Waals surface area contributed by atoms with Gasteiger partial charge in [0, 0.05) is 19.1 Å². The van der Waals surface area contributed by atoms with Crippen LogP contribution in [0.25, 0.3) is 0 Å². The number of aliphatic hydroxyl groups is 1. The molecule has 1 aromatic rings. The summed E-state index contributed by atoms with van der Waals surface area (Å²) in [5.74, 6) is 0. The topological polar surface area (TPSA) is 102 Å². The molecule has 2 amide bonds. The van der Waals surface area contributed by atoms with Gasteiger partial charge in [0.1, 0.15) is 6.61 Å². The monoisotopic (exact) mass is 487 g/mol. The fraction of sp³-hybridized carbons (Fsp3) is 0.704. The van der Waals surface area contributed by atoms with Crippen LogP contribution in [-0.4, -0.2) is 76.1 Å². The van der Waals surface area contributed by atoms with Gasteiger partial charge in [0.2, 0.25) is 0 Å². The Balaban J connectivity index is 1.28. The van der Waals surface area contributed by atoms with Crippen molar-refractivity contribution in [1.82, 2.24) is 15.1 Å². The molecule has 1 spiro atoms. The van der Waals surface area contributed by atoms with Crippen molar-refractivity contribution < 1.29 is 24.5 Å². The van der Waals surface area contributed by atoms with Gasteiger partial charge < -0.3 is 30.1 Å². The number of nitrogens with one attached hydrogen (secondary N) is 1. The zero-order valence-corrected chi connectivity index (χ0v) is 21.3. The van der Waals surface area contributed by atoms with Crippen LogP contribution in [0.2, 0.25) is 0 Å². The van der Waals surface area contributed by atoms with Crippen molar-refractivity contribution in [3.05, 3.63) is 35.9 Å². The molecule has 8 heteroatoms. The predicted octanol–water partition coefficient (Wildman–Crippen LogP) is 4.08. The zero-order valence-electron chi connectivity index (χ0n) is 21.3. The number of likely N-dealkylation sites (tertiary alicyclic amines) is 2. The van der Waals surface area contributed by atoms with Crippen molar-refractivity contribution in [1.29, 1.82) is 0 Å². The van der Waals surface area contributed by atoms with E-state index >= 15 is 0 Å². The van der Waals surface area contributed by atoms with E-state index in [4.69, 9.17) is 4.74 Å². The van der Waals surface area contributed by atoms with Gasteiger partial charge >= 0.3 is 12.2 Å². The van der Waals surface area contributed by atoms with Gasteiger partial charge in [-0.25, -0.2) is 9.59 Å². The molecule has 2 atom stereocenters. The molecular weight excluding hydrogens is 446 g/mol. The van der Waals surface area contributed by atoms with E-state index in [0.717, 1.165) is 44.3 Å². The highest BCUT2D eigenvalue weighted by Gasteiger charge is 2.54. The second kappa shape index (κ2) is 9.97. The van der Waals surface area contributed by atoms with Gasteiger partial charge in [-0.3, -0.25) is 0 Å². The SMILES string of the molecule is CC(C)(C)C1(CN2CCC3(CC2)CC(NC(=O)OCc2ccccc2)C3)CC(O)CCN1C(=O)O. The number of ether oxygens (including phenoxy) is 1. The van der Waals surface area contributed by atoms with Crippen molar-refractivity contribution in [2.45, 2.75) is 83.6 Å². The van der Waals surface area contributed by atoms with Crippen LogP contribution in [0.15, 0.2) is 30.3 Å². The second-order valence-electron chi connectivity index (χ2n) is 11.9. The Bertz CT molecular complexity index is 886. The normalized spacial score (nSPS) is 27.3. The summed E-state index contributed by atoms with van der Waals surface area (Å²) in [4.78, 5) is 28.3. The van der Waals surface area contributed by atoms with Crippen LogP contribution >= 0.6 is 0 Å². The molecule has 0 bridgehead atoms. The Hall–Kier alpha value is -2.32. The molecule has 1 aromatic carbocycles. The quantitative estimate of drug-likeness (QED) is 0.579. The molecule has 3 fully saturated rings. The minimum Gasteiger partial charge on any atom is -0.465 e. The van der Waals surface area contributed by atoms with Crippen molar-refractivity contribution in [2.24, 2.45) is 10.8 Å². The molecule has 0 radical (unpaired) electrons. The first-order chi connectivity index (χ1) is 16.5. The lowest BCUT2D eigenvalue weighted by molar-refractivity contribution is -0.0925. The number of carbonyl (C=O) groups is 2. The molecule has 35 heavy (non-hydrogen) atoms. The number of benzene rings is 1. The predicted molar refractivity (Wildman–Crippen MR) is 133 cm³/mol. The molecule has 194 valence electrons. The summed E-state index contributed by atoms with van der Waals surface area (Å²) in [6.45, 7) is 9.38. The molecule has 8 nitrogen and oxygen atoms in total. The van der Waals surface area contributed by atoms with Crippen LogP contribution in [0.3, 0.4) is 0 Å². The van der Waals surface area contributed by atoms with Crippen molar-refractivity contribution in [2.75, 3.05) is 26.2 Å². The van der Waals surface area contributed by atoms with E-state index in [1.165, 1.54) is 0 Å². The number of piperidine rings is 2. The first-order valence-corrected chi connectivity index (χ1v) is 12.9. The third-order valence-electron chi connectivity index (χ3n) is 8.70. The van der Waals surface area contributed by atoms with Crippen molar-refractivity contribution in [3.63, 3.8) is 0 Å². The zero-order chi connectivity index (χ0) is 25.3. The number of hydrogen-bond donors (Lipinski definition) is 3. The highest BCUT2D eigenvalue weighted by molar-refractivity contribution is 5.68. The van der Waals surface area contributed by atoms with E-state index in [1.54, 1.807) is 4.90 Å². The smallest absolute Gasteiger partial charge is 0.407 e. The summed E-state index contributed by atoms with van der Waals surface area (Å²) in [5, 5.41) is 23.5. The number of alkyl carbamates (subject to hydrolysis) is 1. The Morgan fingerprint density at radius 2 is 1.74 bits per heavy atom. The third-order valence-corrected chi connectivity index (χ3v) is 8.70. The van der Waals surface area contributed by atoms with Crippen molar-refractivity contribution >= 4 is 12.2 Å². The maximum Gasteiger partial charge on any atom is 0.407 e. The Labute approximate surface area is 208 Å². The van der Waals surface area contributed by atoms with Gasteiger partial charge in [0.25, 0.3) is 0 Å². The molecule has 2 unspecified atom stereocenters. The fourth-order valence-corrected chi connectivity index (χ4v) is 6.45. The van der Waals surface area contributed by atoms with Gasteiger partial charge in [-0.15, -0.1) is 0 Å². The van der Waals surface area contributed by atoms with E-state index in [2.05, 4.69) is 31.0 Å². The number of amides is 2. The molecule has 2 aliphatic heterocycles. The van der Waals surface area contributed by atoms with E-state index in [0.29, 0.717) is 25.9 Å². The second-order valence-corrected chi connectivity index (χ2v) is 11.9. The van der Waals surface area contributed by atoms with Gasteiger partial charge in [0.05, 0.1) is 11.6 Å². The summed E-state index contributed by atoms with van der Waals surface area (Å²) in [7, 11) is 0. The van der Waals surface area contributed by atoms with Gasteiger partial charge in [-0.2, -0.15) is 0 Å². The number of carbonyl (C=O) groups excluding carboxylic acids is 1. The molecule has 0 aromatic heterocycles. The summed E-state index contributed by atoms with van der Waals surface area (Å²) >= 11 is 0. The third kappa shape index (κ3) is 5.59. The average molecular weight is 488 g/mol. The molecule has 1 aliphatic carbocycles.